The second-order valence-electron chi connectivity index (χ2n) is 6.21. The van der Waals surface area contributed by atoms with Gasteiger partial charge in [-0.05, 0) is 24.6 Å². The lowest BCUT2D eigenvalue weighted by Crippen LogP contribution is -2.05. The molecule has 0 atom stereocenters. The van der Waals surface area contributed by atoms with Gasteiger partial charge in [0.15, 0.2) is 5.69 Å². The number of nitrogens with zero attached hydrogens (tertiary/aromatic N) is 3. The Balaban J connectivity index is 1.90. The van der Waals surface area contributed by atoms with Crippen molar-refractivity contribution in [2.45, 2.75) is 20.0 Å². The molecule has 0 radical (unpaired) electrons. The zero-order chi connectivity index (χ0) is 18.1. The first kappa shape index (κ1) is 16.1. The van der Waals surface area contributed by atoms with E-state index >= 15 is 0 Å². The number of rotatable bonds is 5. The standard InChI is InChI=1S/C21H19N3O2/c1-2-23-14-17(16-10-6-7-11-19(16)23)20-12-18(21(25)26)22-24(20)13-15-8-4-3-5-9-15/h3-12,14H,2,13H2,1H3,(H,25,26). The quantitative estimate of drug-likeness (QED) is 0.587. The smallest absolute Gasteiger partial charge is 0.356 e. The molecule has 0 spiro atoms. The fourth-order valence-electron chi connectivity index (χ4n) is 3.33. The second kappa shape index (κ2) is 6.52. The summed E-state index contributed by atoms with van der Waals surface area (Å²) >= 11 is 0. The lowest BCUT2D eigenvalue weighted by molar-refractivity contribution is 0.0689. The number of hydrogen-bond donors (Lipinski definition) is 1. The molecule has 0 aliphatic heterocycles. The van der Waals surface area contributed by atoms with Crippen molar-refractivity contribution in [1.29, 1.82) is 0 Å². The van der Waals surface area contributed by atoms with Crippen molar-refractivity contribution >= 4 is 16.9 Å². The van der Waals surface area contributed by atoms with Crippen LogP contribution in [0.25, 0.3) is 22.2 Å². The molecule has 0 saturated heterocycles. The molecule has 1 N–H and O–H groups in total. The van der Waals surface area contributed by atoms with Crippen LogP contribution in [0.4, 0.5) is 0 Å². The second-order valence-corrected chi connectivity index (χ2v) is 6.21. The maximum atomic E-state index is 11.5. The van der Waals surface area contributed by atoms with E-state index in [-0.39, 0.29) is 5.69 Å². The van der Waals surface area contributed by atoms with Crippen molar-refractivity contribution in [2.75, 3.05) is 0 Å². The number of para-hydroxylation sites is 1. The Morgan fingerprint density at radius 3 is 2.54 bits per heavy atom. The SMILES string of the molecule is CCn1cc(-c2cc(C(=O)O)nn2Cc2ccccc2)c2ccccc21. The Hall–Kier alpha value is -3.34. The van der Waals surface area contributed by atoms with Gasteiger partial charge in [-0.15, -0.1) is 0 Å². The molecule has 4 rings (SSSR count). The zero-order valence-electron chi connectivity index (χ0n) is 14.5. The molecule has 2 aromatic carbocycles. The average Bonchev–Trinajstić information content (AvgIpc) is 3.24. The summed E-state index contributed by atoms with van der Waals surface area (Å²) in [5.74, 6) is -1.02. The van der Waals surface area contributed by atoms with Crippen molar-refractivity contribution in [3.63, 3.8) is 0 Å². The molecule has 0 fully saturated rings. The first-order chi connectivity index (χ1) is 12.7. The highest BCUT2D eigenvalue weighted by Gasteiger charge is 2.18. The molecule has 5 nitrogen and oxygen atoms in total. The number of fused-ring (bicyclic) bond motifs is 1. The number of benzene rings is 2. The van der Waals surface area contributed by atoms with E-state index in [4.69, 9.17) is 0 Å². The number of aromatic nitrogens is 3. The van der Waals surface area contributed by atoms with Gasteiger partial charge < -0.3 is 9.67 Å². The molecule has 0 saturated carbocycles. The van der Waals surface area contributed by atoms with Crippen molar-refractivity contribution in [1.82, 2.24) is 14.3 Å². The van der Waals surface area contributed by atoms with Gasteiger partial charge in [0.25, 0.3) is 0 Å². The van der Waals surface area contributed by atoms with E-state index < -0.39 is 5.97 Å². The monoisotopic (exact) mass is 345 g/mol. The van der Waals surface area contributed by atoms with Gasteiger partial charge in [-0.1, -0.05) is 48.5 Å². The Labute approximate surface area is 151 Å². The third-order valence-corrected chi connectivity index (χ3v) is 4.58. The molecule has 0 aliphatic carbocycles. The molecule has 0 amide bonds. The predicted molar refractivity (Wildman–Crippen MR) is 101 cm³/mol. The van der Waals surface area contributed by atoms with Crippen LogP contribution in [-0.4, -0.2) is 25.4 Å². The molecule has 2 aromatic heterocycles. The molecule has 2 heterocycles. The summed E-state index contributed by atoms with van der Waals surface area (Å²) in [7, 11) is 0. The van der Waals surface area contributed by atoms with E-state index in [0.717, 1.165) is 34.3 Å². The highest BCUT2D eigenvalue weighted by molar-refractivity contribution is 5.96. The van der Waals surface area contributed by atoms with E-state index in [1.165, 1.54) is 0 Å². The Bertz CT molecular complexity index is 1080. The topological polar surface area (TPSA) is 60.1 Å². The van der Waals surface area contributed by atoms with Crippen LogP contribution in [0.15, 0.2) is 66.9 Å². The van der Waals surface area contributed by atoms with Gasteiger partial charge in [0.1, 0.15) is 0 Å². The van der Waals surface area contributed by atoms with Gasteiger partial charge in [-0.2, -0.15) is 5.10 Å². The minimum absolute atomic E-state index is 0.0595. The van der Waals surface area contributed by atoms with Crippen molar-refractivity contribution in [3.05, 3.63) is 78.1 Å². The van der Waals surface area contributed by atoms with Gasteiger partial charge in [0.05, 0.1) is 12.2 Å². The number of carboxylic acids is 1. The minimum atomic E-state index is -1.02. The lowest BCUT2D eigenvalue weighted by Gasteiger charge is -2.07. The summed E-state index contributed by atoms with van der Waals surface area (Å²) in [4.78, 5) is 11.5. The molecular formula is C21H19N3O2. The van der Waals surface area contributed by atoms with Crippen LogP contribution < -0.4 is 0 Å². The van der Waals surface area contributed by atoms with Crippen molar-refractivity contribution in [3.8, 4) is 11.3 Å². The van der Waals surface area contributed by atoms with E-state index in [9.17, 15) is 9.90 Å². The Morgan fingerprint density at radius 1 is 1.08 bits per heavy atom. The predicted octanol–water partition coefficient (Wildman–Crippen LogP) is 4.27. The summed E-state index contributed by atoms with van der Waals surface area (Å²) in [6, 6.07) is 19.8. The van der Waals surface area contributed by atoms with Gasteiger partial charge in [-0.25, -0.2) is 4.79 Å². The lowest BCUT2D eigenvalue weighted by atomic mass is 10.1. The number of hydrogen-bond acceptors (Lipinski definition) is 2. The number of carbonyl (C=O) groups is 1. The van der Waals surface area contributed by atoms with Crippen LogP contribution in [0, 0.1) is 0 Å². The van der Waals surface area contributed by atoms with Crippen LogP contribution in [0.3, 0.4) is 0 Å². The largest absolute Gasteiger partial charge is 0.476 e. The molecule has 0 aliphatic rings. The molecule has 130 valence electrons. The van der Waals surface area contributed by atoms with Crippen molar-refractivity contribution in [2.24, 2.45) is 0 Å². The minimum Gasteiger partial charge on any atom is -0.476 e. The normalized spacial score (nSPS) is 11.1. The molecule has 4 aromatic rings. The van der Waals surface area contributed by atoms with E-state index in [2.05, 4.69) is 34.9 Å². The summed E-state index contributed by atoms with van der Waals surface area (Å²) in [6.07, 6.45) is 2.08. The third kappa shape index (κ3) is 2.77. The zero-order valence-corrected chi connectivity index (χ0v) is 14.5. The van der Waals surface area contributed by atoms with Gasteiger partial charge in [0.2, 0.25) is 0 Å². The summed E-state index contributed by atoms with van der Waals surface area (Å²) in [5.41, 5.74) is 4.08. The van der Waals surface area contributed by atoms with Crippen LogP contribution in [0.5, 0.6) is 0 Å². The van der Waals surface area contributed by atoms with Crippen LogP contribution >= 0.6 is 0 Å². The average molecular weight is 345 g/mol. The molecule has 5 heteroatoms. The Kier molecular flexibility index (Phi) is 4.05. The molecule has 26 heavy (non-hydrogen) atoms. The highest BCUT2D eigenvalue weighted by Crippen LogP contribution is 2.31. The first-order valence-electron chi connectivity index (χ1n) is 8.60. The maximum absolute atomic E-state index is 11.5. The number of aromatic carboxylic acids is 1. The molecule has 0 bridgehead atoms. The summed E-state index contributed by atoms with van der Waals surface area (Å²) in [5, 5.41) is 14.8. The van der Waals surface area contributed by atoms with Gasteiger partial charge >= 0.3 is 5.97 Å². The van der Waals surface area contributed by atoms with E-state index in [0.29, 0.717) is 6.54 Å². The van der Waals surface area contributed by atoms with Crippen LogP contribution in [0.2, 0.25) is 0 Å². The fourth-order valence-corrected chi connectivity index (χ4v) is 3.33. The summed E-state index contributed by atoms with van der Waals surface area (Å²) < 4.78 is 3.95. The molecule has 0 unspecified atom stereocenters. The number of aryl methyl sites for hydroxylation is 1. The first-order valence-corrected chi connectivity index (χ1v) is 8.60. The van der Waals surface area contributed by atoms with Gasteiger partial charge in [0, 0.05) is 29.2 Å². The van der Waals surface area contributed by atoms with Crippen molar-refractivity contribution < 1.29 is 9.90 Å². The number of carboxylic acid groups (broad SMARTS) is 1. The third-order valence-electron chi connectivity index (χ3n) is 4.58. The van der Waals surface area contributed by atoms with Crippen LogP contribution in [-0.2, 0) is 13.1 Å². The van der Waals surface area contributed by atoms with E-state index in [1.54, 1.807) is 10.7 Å². The van der Waals surface area contributed by atoms with Crippen LogP contribution in [0.1, 0.15) is 23.0 Å². The highest BCUT2D eigenvalue weighted by atomic mass is 16.4. The van der Waals surface area contributed by atoms with Gasteiger partial charge in [-0.3, -0.25) is 4.68 Å². The maximum Gasteiger partial charge on any atom is 0.356 e. The fraction of sp³-hybridized carbons (Fsp3) is 0.143. The summed E-state index contributed by atoms with van der Waals surface area (Å²) in [6.45, 7) is 3.47. The van der Waals surface area contributed by atoms with E-state index in [1.807, 2.05) is 42.5 Å². The Morgan fingerprint density at radius 2 is 1.81 bits per heavy atom. The molecular weight excluding hydrogens is 326 g/mol.